The molecule has 0 radical (unpaired) electrons. The van der Waals surface area contributed by atoms with E-state index in [4.69, 9.17) is 42.5 Å². The molecule has 0 spiro atoms. The van der Waals surface area contributed by atoms with Crippen LogP contribution in [-0.2, 0) is 30.1 Å². The van der Waals surface area contributed by atoms with E-state index in [1.54, 1.807) is 26.8 Å². The summed E-state index contributed by atoms with van der Waals surface area (Å²) in [6, 6.07) is 2.67. The Balaban J connectivity index is 2.00. The first-order valence-corrected chi connectivity index (χ1v) is 16.0. The minimum Gasteiger partial charge on any atom is -0.480 e. The number of rotatable bonds is 14. The van der Waals surface area contributed by atoms with Crippen LogP contribution in [0.1, 0.15) is 51.8 Å². The minimum absolute atomic E-state index is 0.0253. The molecule has 3 atom stereocenters. The first-order valence-electron chi connectivity index (χ1n) is 13.6. The van der Waals surface area contributed by atoms with Crippen LogP contribution in [0.5, 0.6) is 11.6 Å². The van der Waals surface area contributed by atoms with E-state index < -0.39 is 60.9 Å². The maximum atomic E-state index is 13.7. The summed E-state index contributed by atoms with van der Waals surface area (Å²) in [4.78, 5) is 62.9. The fourth-order valence-corrected chi connectivity index (χ4v) is 6.02. The van der Waals surface area contributed by atoms with Gasteiger partial charge in [-0.15, -0.1) is 10.2 Å². The molecule has 0 aliphatic carbocycles. The quantitative estimate of drug-likeness (QED) is 0.138. The zero-order chi connectivity index (χ0) is 35.2. The van der Waals surface area contributed by atoms with Crippen LogP contribution in [0.2, 0.25) is 10.0 Å². The second-order valence-electron chi connectivity index (χ2n) is 9.97. The lowest BCUT2D eigenvalue weighted by molar-refractivity contribution is -0.144. The first kappa shape index (κ1) is 37.1. The van der Waals surface area contributed by atoms with Crippen LogP contribution in [0.15, 0.2) is 32.6 Å². The first-order chi connectivity index (χ1) is 22.0. The number of nitrogens with zero attached hydrogens (tertiary/aromatic N) is 5. The number of aromatic nitrogens is 5. The van der Waals surface area contributed by atoms with Crippen molar-refractivity contribution in [3.8, 4) is 23.4 Å². The maximum absolute atomic E-state index is 13.7. The number of hydrogen-bond donors (Lipinski definition) is 4. The third-order valence-corrected chi connectivity index (χ3v) is 8.56. The number of nitriles is 1. The van der Waals surface area contributed by atoms with E-state index in [2.05, 4.69) is 20.4 Å². The fourth-order valence-electron chi connectivity index (χ4n) is 3.74. The van der Waals surface area contributed by atoms with Crippen molar-refractivity contribution in [1.82, 2.24) is 34.7 Å². The Kier molecular flexibility index (Phi) is 12.2. The Hall–Kier alpha value is -4.37. The molecule has 4 N–H and O–H groups in total. The Morgan fingerprint density at radius 3 is 2.26 bits per heavy atom. The highest BCUT2D eigenvalue weighted by Crippen LogP contribution is 2.40. The van der Waals surface area contributed by atoms with Gasteiger partial charge in [0, 0.05) is 11.6 Å². The lowest BCUT2D eigenvalue weighted by atomic mass is 10.1. The van der Waals surface area contributed by atoms with Crippen LogP contribution in [0.3, 0.4) is 0 Å². The highest BCUT2D eigenvalue weighted by atomic mass is 35.5. The average molecular weight is 715 g/mol. The molecule has 0 bridgehead atoms. The van der Waals surface area contributed by atoms with E-state index in [-0.39, 0.29) is 45.5 Å². The zero-order valence-corrected chi connectivity index (χ0v) is 27.8. The molecule has 0 fully saturated rings. The molecule has 0 amide bonds. The number of aliphatic carboxylic acids is 1. The second kappa shape index (κ2) is 15.5. The van der Waals surface area contributed by atoms with Crippen LogP contribution in [0, 0.1) is 11.3 Å². The number of halogens is 2. The molecule has 252 valence electrons. The van der Waals surface area contributed by atoms with E-state index >= 15 is 0 Å². The van der Waals surface area contributed by atoms with E-state index in [1.807, 2.05) is 4.98 Å². The smallest absolute Gasteiger partial charge is 0.349 e. The van der Waals surface area contributed by atoms with Crippen molar-refractivity contribution in [3.05, 3.63) is 70.7 Å². The van der Waals surface area contributed by atoms with Crippen LogP contribution in [-0.4, -0.2) is 60.3 Å². The van der Waals surface area contributed by atoms with Crippen molar-refractivity contribution in [3.63, 3.8) is 0 Å². The normalized spacial score (nSPS) is 13.8. The van der Waals surface area contributed by atoms with E-state index in [1.165, 1.54) is 32.0 Å². The van der Waals surface area contributed by atoms with Gasteiger partial charge in [-0.25, -0.2) is 15.0 Å². The largest absolute Gasteiger partial charge is 0.480 e. The molecular formula is C26H29Cl2N8O10P. The van der Waals surface area contributed by atoms with Gasteiger partial charge >= 0.3 is 25.3 Å². The molecule has 2 aromatic heterocycles. The highest BCUT2D eigenvalue weighted by molar-refractivity contribution is 7.54. The number of aromatic amines is 1. The zero-order valence-electron chi connectivity index (χ0n) is 25.4. The number of nitrogens with one attached hydrogen (secondary N) is 3. The molecule has 0 aliphatic heterocycles. The number of carbonyl (C=O) groups excluding carboxylic acids is 1. The molecule has 21 heteroatoms. The number of esters is 1. The van der Waals surface area contributed by atoms with Gasteiger partial charge in [-0.05, 0) is 38.8 Å². The van der Waals surface area contributed by atoms with Crippen molar-refractivity contribution in [1.29, 1.82) is 5.26 Å². The van der Waals surface area contributed by atoms with E-state index in [0.717, 1.165) is 4.68 Å². The summed E-state index contributed by atoms with van der Waals surface area (Å²) < 4.78 is 31.3. The van der Waals surface area contributed by atoms with E-state index in [0.29, 0.717) is 4.68 Å². The number of H-pyrrole nitrogens is 1. The molecule has 2 heterocycles. The van der Waals surface area contributed by atoms with Crippen LogP contribution >= 0.6 is 30.9 Å². The van der Waals surface area contributed by atoms with Gasteiger partial charge in [-0.3, -0.25) is 33.3 Å². The van der Waals surface area contributed by atoms with Gasteiger partial charge in [0.05, 0.1) is 22.3 Å². The standard InChI is InChI=1S/C26H29Cl2N8O10P/c1-6-44-25(41)14(5)34-47(43,33-13(4)24(39)40)45-11-35-23(38)16(12(2)3)9-20(32-35)46-21-17(27)7-15(8-18(21)28)36-26(42)30-22(37)19(10-29)31-36/h7-9,12-14H,6,11H2,1-5H3,(H,39,40)(H,30,37,42)(H2,33,34,43)/t13-,14-,47?/m0/s1. The van der Waals surface area contributed by atoms with Gasteiger partial charge in [-0.2, -0.15) is 14.6 Å². The van der Waals surface area contributed by atoms with Gasteiger partial charge in [0.1, 0.15) is 18.2 Å². The lowest BCUT2D eigenvalue weighted by Gasteiger charge is -2.25. The van der Waals surface area contributed by atoms with E-state index in [9.17, 15) is 33.6 Å². The molecule has 1 aromatic carbocycles. The summed E-state index contributed by atoms with van der Waals surface area (Å²) in [5, 5.41) is 30.6. The number of carboxylic acid groups (broad SMARTS) is 1. The van der Waals surface area contributed by atoms with Gasteiger partial charge in [0.25, 0.3) is 11.1 Å². The number of ether oxygens (including phenoxy) is 2. The molecule has 0 saturated heterocycles. The molecular weight excluding hydrogens is 686 g/mol. The summed E-state index contributed by atoms with van der Waals surface area (Å²) in [5.74, 6) is -2.96. The Morgan fingerprint density at radius 2 is 1.70 bits per heavy atom. The highest BCUT2D eigenvalue weighted by Gasteiger charge is 2.33. The summed E-state index contributed by atoms with van der Waals surface area (Å²) in [6.07, 6.45) is 0. The van der Waals surface area contributed by atoms with Crippen molar-refractivity contribution in [2.75, 3.05) is 6.61 Å². The Morgan fingerprint density at radius 1 is 1.09 bits per heavy atom. The van der Waals surface area contributed by atoms with Gasteiger partial charge < -0.3 is 14.6 Å². The molecule has 0 saturated carbocycles. The van der Waals surface area contributed by atoms with Crippen LogP contribution < -0.4 is 31.7 Å². The number of carbonyl (C=O) groups is 2. The number of carboxylic acids is 1. The summed E-state index contributed by atoms with van der Waals surface area (Å²) in [7, 11) is -4.37. The second-order valence-corrected chi connectivity index (χ2v) is 12.7. The summed E-state index contributed by atoms with van der Waals surface area (Å²) in [5.41, 5.74) is -3.07. The van der Waals surface area contributed by atoms with Crippen molar-refractivity contribution < 1.29 is 33.3 Å². The van der Waals surface area contributed by atoms with Crippen LogP contribution in [0.4, 0.5) is 0 Å². The van der Waals surface area contributed by atoms with Crippen molar-refractivity contribution >= 4 is 42.8 Å². The SMILES string of the molecule is CCOC(=O)[C@H](C)NP(=O)(N[C@@H](C)C(=O)O)OCn1nc(Oc2c(Cl)cc(-n3nc(C#N)c(=O)[nH]c3=O)cc2Cl)cc(C(C)C)c1=O. The fraction of sp³-hybridized carbons (Fsp3) is 0.385. The molecule has 0 aliphatic rings. The molecule has 1 unspecified atom stereocenters. The monoisotopic (exact) mass is 714 g/mol. The molecule has 3 rings (SSSR count). The van der Waals surface area contributed by atoms with Gasteiger partial charge in [-0.1, -0.05) is 37.0 Å². The summed E-state index contributed by atoms with van der Waals surface area (Å²) >= 11 is 12.8. The topological polar surface area (TPSA) is 250 Å². The molecule has 47 heavy (non-hydrogen) atoms. The molecule has 18 nitrogen and oxygen atoms in total. The minimum atomic E-state index is -4.37. The predicted octanol–water partition coefficient (Wildman–Crippen LogP) is 2.26. The van der Waals surface area contributed by atoms with Gasteiger partial charge in [0.15, 0.2) is 12.5 Å². The predicted molar refractivity (Wildman–Crippen MR) is 166 cm³/mol. The van der Waals surface area contributed by atoms with Crippen molar-refractivity contribution in [2.45, 2.75) is 59.4 Å². The number of hydrogen-bond acceptors (Lipinski definition) is 12. The third kappa shape index (κ3) is 9.13. The Bertz CT molecular complexity index is 1930. The average Bonchev–Trinajstić information content (AvgIpc) is 2.98. The third-order valence-electron chi connectivity index (χ3n) is 6.07. The Labute approximate surface area is 275 Å². The van der Waals surface area contributed by atoms with Crippen molar-refractivity contribution in [2.24, 2.45) is 0 Å². The number of benzene rings is 1. The lowest BCUT2D eigenvalue weighted by Crippen LogP contribution is -2.42. The molecule has 3 aromatic rings. The van der Waals surface area contributed by atoms with Crippen LogP contribution in [0.25, 0.3) is 5.69 Å². The maximum Gasteiger partial charge on any atom is 0.349 e. The van der Waals surface area contributed by atoms with Gasteiger partial charge in [0.2, 0.25) is 11.6 Å². The summed E-state index contributed by atoms with van der Waals surface area (Å²) in [6.45, 7) is 6.70.